The summed E-state index contributed by atoms with van der Waals surface area (Å²) in [5, 5.41) is 0. The van der Waals surface area contributed by atoms with Crippen molar-refractivity contribution in [2.45, 2.75) is 29.8 Å². The molecule has 2 atom stereocenters. The van der Waals surface area contributed by atoms with Crippen molar-refractivity contribution < 1.29 is 17.0 Å². The molecule has 94 valence electrons. The van der Waals surface area contributed by atoms with Crippen molar-refractivity contribution in [1.82, 2.24) is 0 Å². The molecule has 0 saturated carbocycles. The van der Waals surface area contributed by atoms with Gasteiger partial charge in [0.15, 0.2) is 4.08 Å². The minimum atomic E-state index is 0. The fraction of sp³-hybridized carbons (Fsp3) is 0.571. The van der Waals surface area contributed by atoms with E-state index >= 15 is 0 Å². The molecule has 2 aliphatic heterocycles. The van der Waals surface area contributed by atoms with Crippen molar-refractivity contribution >= 4 is 22.7 Å². The fourth-order valence-electron chi connectivity index (χ4n) is 2.92. The lowest BCUT2D eigenvalue weighted by Gasteiger charge is -2.39. The van der Waals surface area contributed by atoms with Gasteiger partial charge in [0.25, 0.3) is 0 Å². The SMILES string of the molecule is [Br-].c1ccc(C23CCCC[S+]2CCCS3)cc1. The molecule has 0 bridgehead atoms. The average Bonchev–Trinajstić information content (AvgIpc) is 2.40. The molecule has 0 aromatic heterocycles. The van der Waals surface area contributed by atoms with Gasteiger partial charge in [0.2, 0.25) is 0 Å². The summed E-state index contributed by atoms with van der Waals surface area (Å²) in [6, 6.07) is 11.3. The minimum absolute atomic E-state index is 0. The van der Waals surface area contributed by atoms with Gasteiger partial charge in [-0.25, -0.2) is 0 Å². The first-order valence-electron chi connectivity index (χ1n) is 6.29. The van der Waals surface area contributed by atoms with Crippen LogP contribution in [0.1, 0.15) is 31.2 Å². The highest BCUT2D eigenvalue weighted by Crippen LogP contribution is 2.52. The van der Waals surface area contributed by atoms with Gasteiger partial charge in [-0.1, -0.05) is 42.1 Å². The Bertz CT molecular complexity index is 340. The van der Waals surface area contributed by atoms with Crippen LogP contribution >= 0.6 is 11.8 Å². The van der Waals surface area contributed by atoms with Crippen molar-refractivity contribution in [3.63, 3.8) is 0 Å². The third-order valence-corrected chi connectivity index (χ3v) is 9.09. The third-order valence-electron chi connectivity index (χ3n) is 3.70. The maximum Gasteiger partial charge on any atom is 0.198 e. The van der Waals surface area contributed by atoms with Crippen LogP contribution in [-0.2, 0) is 15.0 Å². The van der Waals surface area contributed by atoms with E-state index in [1.54, 1.807) is 5.56 Å². The molecule has 1 aromatic rings. The smallest absolute Gasteiger partial charge is 0.198 e. The fourth-order valence-corrected chi connectivity index (χ4v) is 8.54. The van der Waals surface area contributed by atoms with Gasteiger partial charge in [-0.15, -0.1) is 0 Å². The van der Waals surface area contributed by atoms with E-state index in [0.29, 0.717) is 15.0 Å². The van der Waals surface area contributed by atoms with E-state index in [4.69, 9.17) is 0 Å². The molecule has 0 aliphatic carbocycles. The Morgan fingerprint density at radius 2 is 1.76 bits per heavy atom. The maximum atomic E-state index is 2.36. The summed E-state index contributed by atoms with van der Waals surface area (Å²) >= 11 is 2.26. The number of hydrogen-bond donors (Lipinski definition) is 0. The van der Waals surface area contributed by atoms with Crippen LogP contribution in [0.15, 0.2) is 30.3 Å². The first kappa shape index (κ1) is 13.8. The first-order valence-corrected chi connectivity index (χ1v) is 8.84. The van der Waals surface area contributed by atoms with Crippen molar-refractivity contribution in [1.29, 1.82) is 0 Å². The Morgan fingerprint density at radius 3 is 2.59 bits per heavy atom. The number of rotatable bonds is 1. The van der Waals surface area contributed by atoms with Gasteiger partial charge in [0, 0.05) is 35.1 Å². The quantitative estimate of drug-likeness (QED) is 0.686. The van der Waals surface area contributed by atoms with Crippen LogP contribution in [0.25, 0.3) is 0 Å². The summed E-state index contributed by atoms with van der Waals surface area (Å²) in [5.41, 5.74) is 1.61. The Hall–Kier alpha value is 0.400. The molecular weight excluding hydrogens is 312 g/mol. The lowest BCUT2D eigenvalue weighted by atomic mass is 10.1. The second-order valence-electron chi connectivity index (χ2n) is 4.68. The average molecular weight is 331 g/mol. The van der Waals surface area contributed by atoms with Crippen LogP contribution in [0, 0.1) is 0 Å². The molecule has 17 heavy (non-hydrogen) atoms. The highest BCUT2D eigenvalue weighted by Gasteiger charge is 2.52. The normalized spacial score (nSPS) is 32.4. The third kappa shape index (κ3) is 2.57. The molecule has 0 N–H and O–H groups in total. The Balaban J connectivity index is 0.00000108. The van der Waals surface area contributed by atoms with Crippen LogP contribution in [0.3, 0.4) is 0 Å². The first-order chi connectivity index (χ1) is 7.92. The predicted octanol–water partition coefficient (Wildman–Crippen LogP) is 0.782. The number of fused-ring (bicyclic) bond motifs is 1. The van der Waals surface area contributed by atoms with Crippen molar-refractivity contribution in [3.8, 4) is 0 Å². The summed E-state index contributed by atoms with van der Waals surface area (Å²) in [4.78, 5) is 0. The standard InChI is InChI=1S/C14H19S2.BrH/c1-2-7-13(8-3-1)14-9-4-5-11-16(14)12-6-10-15-14;/h1-3,7-8H,4-6,9-12H2;1H/q+1;/p-1. The molecule has 2 fully saturated rings. The molecule has 1 aromatic carbocycles. The van der Waals surface area contributed by atoms with Crippen molar-refractivity contribution in [3.05, 3.63) is 35.9 Å². The van der Waals surface area contributed by atoms with E-state index in [1.165, 1.54) is 42.9 Å². The van der Waals surface area contributed by atoms with Gasteiger partial charge < -0.3 is 17.0 Å². The molecule has 3 heteroatoms. The zero-order valence-corrected chi connectivity index (χ0v) is 13.2. The predicted molar refractivity (Wildman–Crippen MR) is 76.1 cm³/mol. The zero-order valence-electron chi connectivity index (χ0n) is 10.0. The summed E-state index contributed by atoms with van der Waals surface area (Å²) < 4.78 is 0.512. The number of benzene rings is 1. The van der Waals surface area contributed by atoms with Gasteiger partial charge in [0.05, 0.1) is 0 Å². The van der Waals surface area contributed by atoms with Crippen LogP contribution < -0.4 is 17.0 Å². The van der Waals surface area contributed by atoms with Crippen LogP contribution in [0.4, 0.5) is 0 Å². The summed E-state index contributed by atoms with van der Waals surface area (Å²) in [6.07, 6.45) is 5.77. The zero-order chi connectivity index (χ0) is 10.8. The lowest BCUT2D eigenvalue weighted by molar-refractivity contribution is -0.00000313. The van der Waals surface area contributed by atoms with Gasteiger partial charge in [-0.05, 0) is 12.8 Å². The van der Waals surface area contributed by atoms with Gasteiger partial charge in [-0.2, -0.15) is 0 Å². The van der Waals surface area contributed by atoms with Gasteiger partial charge >= 0.3 is 0 Å². The van der Waals surface area contributed by atoms with E-state index in [0.717, 1.165) is 0 Å². The minimum Gasteiger partial charge on any atom is -1.00 e. The molecule has 0 spiro atoms. The van der Waals surface area contributed by atoms with E-state index < -0.39 is 0 Å². The molecule has 2 saturated heterocycles. The van der Waals surface area contributed by atoms with Gasteiger partial charge in [0.1, 0.15) is 11.5 Å². The number of thioether (sulfide) groups is 1. The molecule has 2 unspecified atom stereocenters. The monoisotopic (exact) mass is 330 g/mol. The Morgan fingerprint density at radius 1 is 1.00 bits per heavy atom. The second kappa shape index (κ2) is 6.03. The summed E-state index contributed by atoms with van der Waals surface area (Å²) in [7, 11) is 0.651. The van der Waals surface area contributed by atoms with Crippen molar-refractivity contribution in [2.75, 3.05) is 17.3 Å². The van der Waals surface area contributed by atoms with E-state index in [2.05, 4.69) is 42.1 Å². The summed E-state index contributed by atoms with van der Waals surface area (Å²) in [6.45, 7) is 0. The molecule has 2 aliphatic rings. The Kier molecular flexibility index (Phi) is 4.90. The highest BCUT2D eigenvalue weighted by molar-refractivity contribution is 8.16. The Labute approximate surface area is 122 Å². The van der Waals surface area contributed by atoms with Gasteiger partial charge in [-0.3, -0.25) is 0 Å². The second-order valence-corrected chi connectivity index (χ2v) is 8.83. The number of halogens is 1. The molecule has 0 amide bonds. The molecular formula is C14H19BrS2. The van der Waals surface area contributed by atoms with E-state index in [-0.39, 0.29) is 17.0 Å². The van der Waals surface area contributed by atoms with Crippen LogP contribution in [0.2, 0.25) is 0 Å². The lowest BCUT2D eigenvalue weighted by Crippen LogP contribution is -3.00. The molecule has 0 radical (unpaired) electrons. The maximum absolute atomic E-state index is 2.36. The van der Waals surface area contributed by atoms with E-state index in [1.807, 2.05) is 0 Å². The largest absolute Gasteiger partial charge is 1.00 e. The summed E-state index contributed by atoms with van der Waals surface area (Å²) in [5.74, 6) is 4.35. The number of hydrogen-bond acceptors (Lipinski definition) is 1. The topological polar surface area (TPSA) is 0 Å². The van der Waals surface area contributed by atoms with Crippen LogP contribution in [0.5, 0.6) is 0 Å². The molecule has 0 nitrogen and oxygen atoms in total. The highest BCUT2D eigenvalue weighted by atomic mass is 79.9. The van der Waals surface area contributed by atoms with Crippen LogP contribution in [-0.4, -0.2) is 17.3 Å². The van der Waals surface area contributed by atoms with Crippen molar-refractivity contribution in [2.24, 2.45) is 0 Å². The van der Waals surface area contributed by atoms with E-state index in [9.17, 15) is 0 Å². The molecule has 3 rings (SSSR count). The molecule has 2 heterocycles.